The molecule has 41 heavy (non-hydrogen) atoms. The minimum Gasteiger partial charge on any atom is -0.481 e. The van der Waals surface area contributed by atoms with E-state index in [1.807, 2.05) is 0 Å². The highest BCUT2D eigenvalue weighted by molar-refractivity contribution is 5.76. The largest absolute Gasteiger partial charge is 0.481 e. The molecule has 10 atom stereocenters. The van der Waals surface area contributed by atoms with Crippen molar-refractivity contribution in [1.29, 1.82) is 0 Å². The lowest BCUT2D eigenvalue weighted by molar-refractivity contribution is -0.289. The fourth-order valence-electron chi connectivity index (χ4n) is 14.3. The number of aliphatic hydroxyl groups is 1. The van der Waals surface area contributed by atoms with E-state index in [1.165, 1.54) is 24.8 Å². The first-order valence-corrected chi connectivity index (χ1v) is 17.6. The highest BCUT2D eigenvalue weighted by atomic mass is 16.4. The van der Waals surface area contributed by atoms with Crippen LogP contribution in [0.25, 0.3) is 0 Å². The Bertz CT molecular complexity index is 1060. The van der Waals surface area contributed by atoms with E-state index in [2.05, 4.69) is 68.9 Å². The third-order valence-corrected chi connectivity index (χ3v) is 16.7. The molecular formula is C38H64O3. The molecular weight excluding hydrogens is 504 g/mol. The number of fused-ring (bicyclic) bond motifs is 7. The Labute approximate surface area is 252 Å². The zero-order chi connectivity index (χ0) is 30.4. The van der Waals surface area contributed by atoms with Gasteiger partial charge in [-0.1, -0.05) is 74.0 Å². The normalized spacial score (nSPS) is 48.9. The fraction of sp³-hybridized carbons (Fsp3) is 0.921. The zero-order valence-corrected chi connectivity index (χ0v) is 28.3. The van der Waals surface area contributed by atoms with Crippen LogP contribution in [0.1, 0.15) is 152 Å². The summed E-state index contributed by atoms with van der Waals surface area (Å²) >= 11 is 0. The Balaban J connectivity index is 1.54. The van der Waals surface area contributed by atoms with E-state index in [9.17, 15) is 15.0 Å². The summed E-state index contributed by atoms with van der Waals surface area (Å²) in [7, 11) is 0. The number of allylic oxidation sites excluding steroid dienone is 1. The number of hydrogen-bond acceptors (Lipinski definition) is 2. The van der Waals surface area contributed by atoms with Gasteiger partial charge in [0.1, 0.15) is 0 Å². The monoisotopic (exact) mass is 568 g/mol. The van der Waals surface area contributed by atoms with Gasteiger partial charge in [0.2, 0.25) is 0 Å². The van der Waals surface area contributed by atoms with Crippen molar-refractivity contribution in [2.75, 3.05) is 0 Å². The average Bonchev–Trinajstić information content (AvgIpc) is 3.32. The standard InChI is InChI=1S/C38H64O3/c1-11-18-36(12-2,13-3)38(41)24-21-33(8)28(32(38,6)7)17-19-35(10)29(33)15-14-27-30-26(25(4)5)16-20-37(30,31(39)40)23-22-34(27,35)9/h26-30,41H,4,11-24H2,1-3,5-10H3,(H,39,40)/t26?,27?,28?,29?,30?,33-,34?,35+,37?,38?/m0/s1. The molecule has 2 N–H and O–H groups in total. The molecule has 5 aliphatic carbocycles. The zero-order valence-electron chi connectivity index (χ0n) is 28.3. The van der Waals surface area contributed by atoms with Crippen LogP contribution in [0.3, 0.4) is 0 Å². The van der Waals surface area contributed by atoms with Gasteiger partial charge in [0, 0.05) is 0 Å². The SMILES string of the molecule is C=C(C)C1CCC2(C(=O)O)CCC3(C)C(CCC4[C@@]5(C)CCC(O)(C(CC)(CC)CCC)C(C)(C)C5CC[C@]43C)C12. The van der Waals surface area contributed by atoms with Gasteiger partial charge in [0.05, 0.1) is 11.0 Å². The van der Waals surface area contributed by atoms with Crippen LogP contribution in [0.2, 0.25) is 0 Å². The van der Waals surface area contributed by atoms with Gasteiger partial charge in [0.15, 0.2) is 0 Å². The van der Waals surface area contributed by atoms with E-state index in [-0.39, 0.29) is 33.0 Å². The van der Waals surface area contributed by atoms with Gasteiger partial charge >= 0.3 is 5.97 Å². The molecule has 0 saturated heterocycles. The summed E-state index contributed by atoms with van der Waals surface area (Å²) in [5.74, 6) is 1.65. The molecule has 0 aromatic carbocycles. The molecule has 0 spiro atoms. The number of carbonyl (C=O) groups is 1. The lowest BCUT2D eigenvalue weighted by atomic mass is 9.30. The third-order valence-electron chi connectivity index (χ3n) is 16.7. The first-order valence-electron chi connectivity index (χ1n) is 17.6. The molecule has 0 amide bonds. The molecule has 8 unspecified atom stereocenters. The lowest BCUT2D eigenvalue weighted by Gasteiger charge is -2.74. The van der Waals surface area contributed by atoms with Crippen molar-refractivity contribution in [3.05, 3.63) is 12.2 Å². The molecule has 0 aromatic heterocycles. The first kappa shape index (κ1) is 31.6. The predicted octanol–water partition coefficient (Wildman–Crippen LogP) is 10.1. The van der Waals surface area contributed by atoms with Crippen molar-refractivity contribution in [2.45, 2.75) is 158 Å². The van der Waals surface area contributed by atoms with Gasteiger partial charge < -0.3 is 10.2 Å². The van der Waals surface area contributed by atoms with E-state index in [4.69, 9.17) is 0 Å². The van der Waals surface area contributed by atoms with Gasteiger partial charge in [-0.3, -0.25) is 4.79 Å². The van der Waals surface area contributed by atoms with Gasteiger partial charge in [-0.05, 0) is 147 Å². The third kappa shape index (κ3) is 3.69. The summed E-state index contributed by atoms with van der Waals surface area (Å²) in [6.45, 7) is 26.2. The Kier molecular flexibility index (Phi) is 7.58. The second-order valence-corrected chi connectivity index (χ2v) is 17.5. The summed E-state index contributed by atoms with van der Waals surface area (Å²) in [5.41, 5.74) is 0.440. The molecule has 0 aromatic rings. The Hall–Kier alpha value is -0.830. The number of carboxylic acids is 1. The van der Waals surface area contributed by atoms with Crippen LogP contribution < -0.4 is 0 Å². The Morgan fingerprint density at radius 3 is 2.05 bits per heavy atom. The van der Waals surface area contributed by atoms with Crippen molar-refractivity contribution < 1.29 is 15.0 Å². The number of rotatable bonds is 7. The summed E-state index contributed by atoms with van der Waals surface area (Å²) in [4.78, 5) is 13.0. The van der Waals surface area contributed by atoms with Crippen molar-refractivity contribution in [1.82, 2.24) is 0 Å². The molecule has 5 aliphatic rings. The number of carboxylic acid groups (broad SMARTS) is 1. The Morgan fingerprint density at radius 1 is 0.829 bits per heavy atom. The van der Waals surface area contributed by atoms with Gasteiger partial charge in [-0.15, -0.1) is 0 Å². The van der Waals surface area contributed by atoms with Crippen LogP contribution in [0.4, 0.5) is 0 Å². The summed E-state index contributed by atoms with van der Waals surface area (Å²) < 4.78 is 0. The second kappa shape index (κ2) is 9.84. The second-order valence-electron chi connectivity index (χ2n) is 17.5. The van der Waals surface area contributed by atoms with Crippen molar-refractivity contribution in [3.63, 3.8) is 0 Å². The van der Waals surface area contributed by atoms with Gasteiger partial charge in [-0.25, -0.2) is 0 Å². The predicted molar refractivity (Wildman–Crippen MR) is 169 cm³/mol. The summed E-state index contributed by atoms with van der Waals surface area (Å²) in [5, 5.41) is 23.6. The van der Waals surface area contributed by atoms with Crippen LogP contribution in [0, 0.1) is 62.1 Å². The molecule has 0 radical (unpaired) electrons. The maximum absolute atomic E-state index is 13.0. The quantitative estimate of drug-likeness (QED) is 0.300. The van der Waals surface area contributed by atoms with E-state index in [0.717, 1.165) is 70.6 Å². The van der Waals surface area contributed by atoms with Gasteiger partial charge in [0.25, 0.3) is 0 Å². The van der Waals surface area contributed by atoms with Gasteiger partial charge in [-0.2, -0.15) is 0 Å². The van der Waals surface area contributed by atoms with E-state index in [0.29, 0.717) is 23.7 Å². The first-order chi connectivity index (χ1) is 19.0. The molecule has 0 heterocycles. The lowest BCUT2D eigenvalue weighted by Crippen LogP contribution is -2.71. The minimum absolute atomic E-state index is 0.0134. The molecule has 234 valence electrons. The maximum Gasteiger partial charge on any atom is 0.309 e. The van der Waals surface area contributed by atoms with Crippen LogP contribution in [0.5, 0.6) is 0 Å². The maximum atomic E-state index is 13.0. The molecule has 5 saturated carbocycles. The smallest absolute Gasteiger partial charge is 0.309 e. The molecule has 5 fully saturated rings. The Morgan fingerprint density at radius 2 is 1.49 bits per heavy atom. The summed E-state index contributed by atoms with van der Waals surface area (Å²) in [6, 6.07) is 0. The van der Waals surface area contributed by atoms with Crippen molar-refractivity contribution in [2.24, 2.45) is 62.1 Å². The van der Waals surface area contributed by atoms with E-state index < -0.39 is 17.0 Å². The number of hydrogen-bond donors (Lipinski definition) is 2. The topological polar surface area (TPSA) is 57.5 Å². The highest BCUT2D eigenvalue weighted by Crippen LogP contribution is 2.79. The van der Waals surface area contributed by atoms with Crippen LogP contribution >= 0.6 is 0 Å². The van der Waals surface area contributed by atoms with Crippen LogP contribution in [-0.2, 0) is 4.79 Å². The summed E-state index contributed by atoms with van der Waals surface area (Å²) in [6.07, 6.45) is 14.9. The van der Waals surface area contributed by atoms with E-state index in [1.54, 1.807) is 0 Å². The van der Waals surface area contributed by atoms with Crippen molar-refractivity contribution >= 4 is 5.97 Å². The molecule has 0 aliphatic heterocycles. The molecule has 5 rings (SSSR count). The van der Waals surface area contributed by atoms with Crippen LogP contribution in [0.15, 0.2) is 12.2 Å². The molecule has 3 nitrogen and oxygen atoms in total. The minimum atomic E-state index is -0.636. The highest BCUT2D eigenvalue weighted by Gasteiger charge is 2.74. The molecule has 3 heteroatoms. The number of aliphatic carboxylic acids is 1. The fourth-order valence-corrected chi connectivity index (χ4v) is 14.3. The van der Waals surface area contributed by atoms with Crippen molar-refractivity contribution in [3.8, 4) is 0 Å². The van der Waals surface area contributed by atoms with Crippen LogP contribution in [-0.4, -0.2) is 21.8 Å². The average molecular weight is 569 g/mol. The van der Waals surface area contributed by atoms with E-state index >= 15 is 0 Å². The molecule has 0 bridgehead atoms.